The molecular formula is C21H24N2O2. The molecule has 2 aromatic rings. The van der Waals surface area contributed by atoms with Gasteiger partial charge in [0.15, 0.2) is 0 Å². The van der Waals surface area contributed by atoms with Gasteiger partial charge in [-0.05, 0) is 36.6 Å². The van der Waals surface area contributed by atoms with E-state index in [1.54, 1.807) is 4.90 Å². The highest BCUT2D eigenvalue weighted by Gasteiger charge is 2.35. The number of amides is 2. The minimum absolute atomic E-state index is 0.0146. The lowest BCUT2D eigenvalue weighted by Crippen LogP contribution is -2.34. The second kappa shape index (κ2) is 7.51. The van der Waals surface area contributed by atoms with Gasteiger partial charge in [-0.2, -0.15) is 0 Å². The second-order valence-corrected chi connectivity index (χ2v) is 6.57. The van der Waals surface area contributed by atoms with E-state index >= 15 is 0 Å². The first-order chi connectivity index (χ1) is 12.1. The number of rotatable bonds is 5. The van der Waals surface area contributed by atoms with Crippen LogP contribution in [0.15, 0.2) is 54.6 Å². The van der Waals surface area contributed by atoms with Crippen molar-refractivity contribution in [3.05, 3.63) is 65.7 Å². The summed E-state index contributed by atoms with van der Waals surface area (Å²) in [7, 11) is 0. The summed E-state index contributed by atoms with van der Waals surface area (Å²) in [6.07, 6.45) is 1.19. The summed E-state index contributed by atoms with van der Waals surface area (Å²) in [5.41, 5.74) is 3.14. The topological polar surface area (TPSA) is 49.4 Å². The van der Waals surface area contributed by atoms with E-state index in [2.05, 4.69) is 18.3 Å². The van der Waals surface area contributed by atoms with Gasteiger partial charge in [0.2, 0.25) is 11.8 Å². The Morgan fingerprint density at radius 3 is 2.68 bits per heavy atom. The molecule has 0 bridgehead atoms. The molecule has 3 rings (SSSR count). The molecule has 0 aromatic heterocycles. The van der Waals surface area contributed by atoms with E-state index in [0.29, 0.717) is 6.54 Å². The van der Waals surface area contributed by atoms with E-state index in [4.69, 9.17) is 0 Å². The molecule has 1 aliphatic rings. The number of hydrogen-bond donors (Lipinski definition) is 1. The van der Waals surface area contributed by atoms with Crippen LogP contribution in [0.5, 0.6) is 0 Å². The zero-order valence-corrected chi connectivity index (χ0v) is 14.7. The van der Waals surface area contributed by atoms with Crippen LogP contribution in [0.2, 0.25) is 0 Å². The van der Waals surface area contributed by atoms with Gasteiger partial charge in [-0.3, -0.25) is 9.59 Å². The molecular weight excluding hydrogens is 312 g/mol. The van der Waals surface area contributed by atoms with Crippen molar-refractivity contribution < 1.29 is 9.59 Å². The molecule has 2 aromatic carbocycles. The predicted molar refractivity (Wildman–Crippen MR) is 99.3 cm³/mol. The summed E-state index contributed by atoms with van der Waals surface area (Å²) in [5.74, 6) is -0.344. The molecule has 130 valence electrons. The Bertz CT molecular complexity index is 758. The average Bonchev–Trinajstić information content (AvgIpc) is 3.04. The van der Waals surface area contributed by atoms with Gasteiger partial charge in [0.05, 0.1) is 12.0 Å². The Morgan fingerprint density at radius 2 is 1.96 bits per heavy atom. The summed E-state index contributed by atoms with van der Waals surface area (Å²) in [5, 5.41) is 3.04. The van der Waals surface area contributed by atoms with Crippen LogP contribution in [0, 0.1) is 5.92 Å². The van der Waals surface area contributed by atoms with Crippen LogP contribution in [0.3, 0.4) is 0 Å². The summed E-state index contributed by atoms with van der Waals surface area (Å²) in [6, 6.07) is 17.8. The number of nitrogens with zero attached hydrogens (tertiary/aromatic N) is 1. The molecule has 25 heavy (non-hydrogen) atoms. The molecule has 1 aliphatic heterocycles. The Morgan fingerprint density at radius 1 is 1.20 bits per heavy atom. The van der Waals surface area contributed by atoms with Crippen molar-refractivity contribution in [2.45, 2.75) is 32.7 Å². The lowest BCUT2D eigenvalue weighted by molar-refractivity contribution is -0.126. The normalized spacial score (nSPS) is 18.2. The molecule has 0 spiro atoms. The molecule has 2 atom stereocenters. The fourth-order valence-corrected chi connectivity index (χ4v) is 3.23. The fourth-order valence-electron chi connectivity index (χ4n) is 3.23. The lowest BCUT2D eigenvalue weighted by atomic mass is 10.1. The zero-order chi connectivity index (χ0) is 17.8. The lowest BCUT2D eigenvalue weighted by Gasteiger charge is -2.19. The summed E-state index contributed by atoms with van der Waals surface area (Å²) < 4.78 is 0. The quantitative estimate of drug-likeness (QED) is 0.909. The number of carbonyl (C=O) groups is 2. The summed E-state index contributed by atoms with van der Waals surface area (Å²) >= 11 is 0. The monoisotopic (exact) mass is 336 g/mol. The fraction of sp³-hybridized carbons (Fsp3) is 0.333. The molecule has 1 saturated heterocycles. The van der Waals surface area contributed by atoms with Gasteiger partial charge in [0.25, 0.3) is 0 Å². The summed E-state index contributed by atoms with van der Waals surface area (Å²) in [4.78, 5) is 26.7. The van der Waals surface area contributed by atoms with Crippen LogP contribution in [0.4, 0.5) is 5.69 Å². The predicted octanol–water partition coefficient (Wildman–Crippen LogP) is 3.48. The average molecular weight is 336 g/mol. The van der Waals surface area contributed by atoms with Crippen molar-refractivity contribution in [2.24, 2.45) is 5.92 Å². The zero-order valence-electron chi connectivity index (χ0n) is 14.7. The van der Waals surface area contributed by atoms with Gasteiger partial charge in [-0.25, -0.2) is 0 Å². The summed E-state index contributed by atoms with van der Waals surface area (Å²) in [6.45, 7) is 4.50. The molecule has 4 heteroatoms. The first-order valence-corrected chi connectivity index (χ1v) is 8.83. The van der Waals surface area contributed by atoms with Crippen molar-refractivity contribution in [1.82, 2.24) is 5.32 Å². The van der Waals surface area contributed by atoms with Crippen LogP contribution in [-0.2, 0) is 16.0 Å². The van der Waals surface area contributed by atoms with Crippen molar-refractivity contribution in [2.75, 3.05) is 11.4 Å². The number of benzene rings is 2. The first kappa shape index (κ1) is 17.2. The minimum atomic E-state index is -0.302. The van der Waals surface area contributed by atoms with Crippen molar-refractivity contribution in [3.63, 3.8) is 0 Å². The molecule has 1 heterocycles. The van der Waals surface area contributed by atoms with Crippen LogP contribution in [0.25, 0.3) is 0 Å². The van der Waals surface area contributed by atoms with Crippen LogP contribution in [0.1, 0.15) is 37.4 Å². The van der Waals surface area contributed by atoms with Crippen molar-refractivity contribution >= 4 is 17.5 Å². The molecule has 1 fully saturated rings. The molecule has 4 nitrogen and oxygen atoms in total. The Labute approximate surface area is 148 Å². The van der Waals surface area contributed by atoms with Gasteiger partial charge < -0.3 is 10.2 Å². The number of nitrogens with one attached hydrogen (secondary N) is 1. The largest absolute Gasteiger partial charge is 0.349 e. The van der Waals surface area contributed by atoms with Crippen molar-refractivity contribution in [3.8, 4) is 0 Å². The standard InChI is InChI=1S/C21H24N2O2/c1-3-16-8-7-11-19(12-16)23-14-18(13-20(23)24)21(25)22-15(2)17-9-5-4-6-10-17/h4-12,15,18H,3,13-14H2,1-2H3,(H,22,25)/t15-,18-/m1/s1. The minimum Gasteiger partial charge on any atom is -0.349 e. The highest BCUT2D eigenvalue weighted by Crippen LogP contribution is 2.26. The Balaban J connectivity index is 1.66. The molecule has 0 unspecified atom stereocenters. The van der Waals surface area contributed by atoms with Gasteiger partial charge in [-0.1, -0.05) is 49.4 Å². The van der Waals surface area contributed by atoms with Gasteiger partial charge in [-0.15, -0.1) is 0 Å². The van der Waals surface area contributed by atoms with Crippen LogP contribution in [-0.4, -0.2) is 18.4 Å². The Kier molecular flexibility index (Phi) is 5.17. The van der Waals surface area contributed by atoms with E-state index < -0.39 is 0 Å². The maximum atomic E-state index is 12.6. The van der Waals surface area contributed by atoms with Crippen LogP contribution >= 0.6 is 0 Å². The number of aryl methyl sites for hydroxylation is 1. The smallest absolute Gasteiger partial charge is 0.227 e. The van der Waals surface area contributed by atoms with E-state index in [1.807, 2.05) is 55.5 Å². The SMILES string of the molecule is CCc1cccc(N2C[C@H](C(=O)N[C@H](C)c3ccccc3)CC2=O)c1. The van der Waals surface area contributed by atoms with Crippen molar-refractivity contribution in [1.29, 1.82) is 0 Å². The molecule has 1 N–H and O–H groups in total. The first-order valence-electron chi connectivity index (χ1n) is 8.83. The van der Waals surface area contributed by atoms with Gasteiger partial charge >= 0.3 is 0 Å². The van der Waals surface area contributed by atoms with Gasteiger partial charge in [0, 0.05) is 18.7 Å². The number of carbonyl (C=O) groups excluding carboxylic acids is 2. The Hall–Kier alpha value is -2.62. The van der Waals surface area contributed by atoms with E-state index in [-0.39, 0.29) is 30.2 Å². The van der Waals surface area contributed by atoms with Crippen LogP contribution < -0.4 is 10.2 Å². The molecule has 2 amide bonds. The number of hydrogen-bond acceptors (Lipinski definition) is 2. The maximum Gasteiger partial charge on any atom is 0.227 e. The second-order valence-electron chi connectivity index (χ2n) is 6.57. The third-order valence-corrected chi connectivity index (χ3v) is 4.78. The third-order valence-electron chi connectivity index (χ3n) is 4.78. The molecule has 0 radical (unpaired) electrons. The maximum absolute atomic E-state index is 12.6. The highest BCUT2D eigenvalue weighted by atomic mass is 16.2. The molecule has 0 aliphatic carbocycles. The highest BCUT2D eigenvalue weighted by molar-refractivity contribution is 6.00. The third kappa shape index (κ3) is 3.90. The van der Waals surface area contributed by atoms with E-state index in [9.17, 15) is 9.59 Å². The van der Waals surface area contributed by atoms with Gasteiger partial charge in [0.1, 0.15) is 0 Å². The van der Waals surface area contributed by atoms with E-state index in [0.717, 1.165) is 17.7 Å². The van der Waals surface area contributed by atoms with E-state index in [1.165, 1.54) is 5.56 Å². The molecule has 0 saturated carbocycles. The number of anilines is 1.